The highest BCUT2D eigenvalue weighted by Gasteiger charge is 2.32. The summed E-state index contributed by atoms with van der Waals surface area (Å²) in [7, 11) is 0. The first-order valence-corrected chi connectivity index (χ1v) is 11.7. The lowest BCUT2D eigenvalue weighted by atomic mass is 10.2. The van der Waals surface area contributed by atoms with Crippen LogP contribution in [0.3, 0.4) is 0 Å². The molecule has 0 aliphatic carbocycles. The molecule has 1 fully saturated rings. The molecule has 0 unspecified atom stereocenters. The first kappa shape index (κ1) is 15.3. The fourth-order valence-electron chi connectivity index (χ4n) is 1.59. The van der Waals surface area contributed by atoms with Crippen molar-refractivity contribution >= 4 is 45.2 Å². The van der Waals surface area contributed by atoms with E-state index in [1.807, 2.05) is 30.3 Å². The Labute approximate surface area is 126 Å². The number of benzene rings is 1. The van der Waals surface area contributed by atoms with Crippen LogP contribution in [0.2, 0.25) is 0 Å². The average molecular weight is 330 g/mol. The Bertz CT molecular complexity index is 506. The van der Waals surface area contributed by atoms with Crippen molar-refractivity contribution in [2.45, 2.75) is 12.2 Å². The van der Waals surface area contributed by atoms with Gasteiger partial charge in [0.25, 0.3) is 0 Å². The third kappa shape index (κ3) is 4.45. The standard InChI is InChI=1S/C13H15O2PS3/c1-11(16(15)18-7-8-19-16)9-13(14)17-10-12-5-3-2-4-6-12/h2-6H,1,7-10H2. The van der Waals surface area contributed by atoms with E-state index in [0.717, 1.165) is 17.1 Å². The summed E-state index contributed by atoms with van der Waals surface area (Å²) in [6, 6.07) is 9.88. The maximum Gasteiger partial charge on any atom is 0.215 e. The van der Waals surface area contributed by atoms with Gasteiger partial charge in [0.1, 0.15) is 0 Å². The largest absolute Gasteiger partial charge is 0.296 e. The van der Waals surface area contributed by atoms with Gasteiger partial charge < -0.3 is 0 Å². The number of carbonyl (C=O) groups excluding carboxylic acids is 1. The lowest BCUT2D eigenvalue weighted by Gasteiger charge is -2.11. The number of rotatable bonds is 5. The molecule has 0 atom stereocenters. The Morgan fingerprint density at radius 1 is 1.26 bits per heavy atom. The Balaban J connectivity index is 1.81. The van der Waals surface area contributed by atoms with Crippen molar-refractivity contribution in [3.8, 4) is 0 Å². The minimum Gasteiger partial charge on any atom is -0.296 e. The monoisotopic (exact) mass is 330 g/mol. The van der Waals surface area contributed by atoms with Crippen LogP contribution in [-0.4, -0.2) is 16.6 Å². The molecule has 0 N–H and O–H groups in total. The minimum absolute atomic E-state index is 0.0529. The number of carbonyl (C=O) groups is 1. The molecule has 6 heteroatoms. The third-order valence-electron chi connectivity index (χ3n) is 2.58. The van der Waals surface area contributed by atoms with Gasteiger partial charge in [-0.1, -0.05) is 71.4 Å². The SMILES string of the molecule is C=C(CC(=O)SCc1ccccc1)P1(=O)SCCS1. The Kier molecular flexibility index (Phi) is 5.70. The average Bonchev–Trinajstić information content (AvgIpc) is 2.86. The van der Waals surface area contributed by atoms with E-state index in [0.29, 0.717) is 11.1 Å². The van der Waals surface area contributed by atoms with Crippen LogP contribution in [-0.2, 0) is 15.1 Å². The Hall–Kier alpha value is -0.0900. The van der Waals surface area contributed by atoms with Crippen molar-refractivity contribution < 1.29 is 9.36 Å². The molecular weight excluding hydrogens is 315 g/mol. The van der Waals surface area contributed by atoms with Gasteiger partial charge in [0.2, 0.25) is 5.55 Å². The lowest BCUT2D eigenvalue weighted by Crippen LogP contribution is -1.94. The molecule has 0 spiro atoms. The molecule has 1 heterocycles. The summed E-state index contributed by atoms with van der Waals surface area (Å²) in [5.74, 6) is 2.45. The van der Waals surface area contributed by atoms with Crippen LogP contribution >= 0.6 is 40.1 Å². The molecule has 2 rings (SSSR count). The molecule has 0 bridgehead atoms. The van der Waals surface area contributed by atoms with Gasteiger partial charge >= 0.3 is 0 Å². The Morgan fingerprint density at radius 3 is 2.53 bits per heavy atom. The quantitative estimate of drug-likeness (QED) is 0.708. The molecule has 19 heavy (non-hydrogen) atoms. The summed E-state index contributed by atoms with van der Waals surface area (Å²) >= 11 is 4.21. The van der Waals surface area contributed by atoms with Crippen LogP contribution in [0.25, 0.3) is 0 Å². The number of allylic oxidation sites excluding steroid dienone is 1. The predicted octanol–water partition coefficient (Wildman–Crippen LogP) is 5.02. The number of hydrogen-bond acceptors (Lipinski definition) is 5. The van der Waals surface area contributed by atoms with E-state index in [-0.39, 0.29) is 11.5 Å². The zero-order chi connectivity index (χ0) is 13.7. The van der Waals surface area contributed by atoms with Gasteiger partial charge in [0.05, 0.1) is 0 Å². The zero-order valence-electron chi connectivity index (χ0n) is 10.4. The third-order valence-corrected chi connectivity index (χ3v) is 12.8. The maximum absolute atomic E-state index is 12.4. The lowest BCUT2D eigenvalue weighted by molar-refractivity contribution is -0.110. The van der Waals surface area contributed by atoms with Gasteiger partial charge in [0, 0.05) is 29.0 Å². The smallest absolute Gasteiger partial charge is 0.215 e. The fourth-order valence-corrected chi connectivity index (χ4v) is 10.8. The molecule has 0 aromatic heterocycles. The first-order chi connectivity index (χ1) is 9.10. The van der Waals surface area contributed by atoms with E-state index >= 15 is 0 Å². The van der Waals surface area contributed by atoms with Crippen LogP contribution in [0, 0.1) is 0 Å². The molecule has 0 radical (unpaired) electrons. The van der Waals surface area contributed by atoms with Crippen molar-refractivity contribution in [1.82, 2.24) is 0 Å². The van der Waals surface area contributed by atoms with Crippen LogP contribution < -0.4 is 0 Å². The van der Waals surface area contributed by atoms with Crippen LogP contribution in [0.15, 0.2) is 42.2 Å². The molecule has 102 valence electrons. The van der Waals surface area contributed by atoms with Crippen molar-refractivity contribution in [2.75, 3.05) is 11.5 Å². The molecule has 1 aromatic rings. The second-order valence-electron chi connectivity index (χ2n) is 4.05. The molecule has 1 aromatic carbocycles. The van der Waals surface area contributed by atoms with E-state index in [1.165, 1.54) is 34.5 Å². The van der Waals surface area contributed by atoms with E-state index < -0.39 is 5.55 Å². The fraction of sp³-hybridized carbons (Fsp3) is 0.308. The Morgan fingerprint density at radius 2 is 1.89 bits per heavy atom. The molecule has 1 aliphatic heterocycles. The van der Waals surface area contributed by atoms with Gasteiger partial charge in [-0.25, -0.2) is 0 Å². The maximum atomic E-state index is 12.4. The van der Waals surface area contributed by atoms with Crippen molar-refractivity contribution in [3.05, 3.63) is 47.8 Å². The topological polar surface area (TPSA) is 34.1 Å². The van der Waals surface area contributed by atoms with Gasteiger partial charge in [0.15, 0.2) is 5.12 Å². The van der Waals surface area contributed by atoms with Gasteiger partial charge in [-0.05, 0) is 5.56 Å². The second kappa shape index (κ2) is 7.07. The summed E-state index contributed by atoms with van der Waals surface area (Å²) in [5.41, 5.74) is -1.28. The van der Waals surface area contributed by atoms with Gasteiger partial charge in [-0.2, -0.15) is 0 Å². The predicted molar refractivity (Wildman–Crippen MR) is 89.0 cm³/mol. The molecule has 2 nitrogen and oxygen atoms in total. The normalized spacial score (nSPS) is 17.3. The summed E-state index contributed by atoms with van der Waals surface area (Å²) in [4.78, 5) is 11.9. The molecule has 0 saturated carbocycles. The summed E-state index contributed by atoms with van der Waals surface area (Å²) in [5, 5.41) is 0.669. The number of hydrogen-bond donors (Lipinski definition) is 0. The highest BCUT2D eigenvalue weighted by molar-refractivity contribution is 8.93. The van der Waals surface area contributed by atoms with Crippen LogP contribution in [0.5, 0.6) is 0 Å². The van der Waals surface area contributed by atoms with Gasteiger partial charge in [-0.3, -0.25) is 9.36 Å². The first-order valence-electron chi connectivity index (χ1n) is 5.87. The molecular formula is C13H15O2PS3. The second-order valence-corrected chi connectivity index (χ2v) is 13.4. The van der Waals surface area contributed by atoms with E-state index in [2.05, 4.69) is 6.58 Å². The summed E-state index contributed by atoms with van der Waals surface area (Å²) in [6.45, 7) is 3.86. The molecule has 1 saturated heterocycles. The number of thioether (sulfide) groups is 1. The summed E-state index contributed by atoms with van der Waals surface area (Å²) < 4.78 is 12.4. The highest BCUT2D eigenvalue weighted by atomic mass is 33.1. The van der Waals surface area contributed by atoms with E-state index in [9.17, 15) is 9.36 Å². The van der Waals surface area contributed by atoms with Gasteiger partial charge in [-0.15, -0.1) is 0 Å². The van der Waals surface area contributed by atoms with Crippen molar-refractivity contribution in [2.24, 2.45) is 0 Å². The highest BCUT2D eigenvalue weighted by Crippen LogP contribution is 2.78. The minimum atomic E-state index is -2.41. The van der Waals surface area contributed by atoms with E-state index in [1.54, 1.807) is 0 Å². The van der Waals surface area contributed by atoms with Crippen molar-refractivity contribution in [3.63, 3.8) is 0 Å². The molecule has 1 aliphatic rings. The van der Waals surface area contributed by atoms with Crippen LogP contribution in [0.4, 0.5) is 0 Å². The zero-order valence-corrected chi connectivity index (χ0v) is 13.8. The van der Waals surface area contributed by atoms with Crippen molar-refractivity contribution in [1.29, 1.82) is 0 Å². The summed E-state index contributed by atoms with van der Waals surface area (Å²) in [6.07, 6.45) is 0.231. The van der Waals surface area contributed by atoms with E-state index in [4.69, 9.17) is 0 Å². The molecule has 0 amide bonds. The van der Waals surface area contributed by atoms with Crippen LogP contribution in [0.1, 0.15) is 12.0 Å².